The first-order valence-electron chi connectivity index (χ1n) is 5.52. The van der Waals surface area contributed by atoms with Crippen molar-refractivity contribution in [2.45, 2.75) is 26.4 Å². The normalized spacial score (nSPS) is 12.3. The average Bonchev–Trinajstić information content (AvgIpc) is 2.83. The maximum Gasteiger partial charge on any atom is 0.328 e. The van der Waals surface area contributed by atoms with Crippen LogP contribution in [0, 0.1) is 5.92 Å². The first-order chi connectivity index (χ1) is 8.49. The van der Waals surface area contributed by atoms with Gasteiger partial charge in [-0.2, -0.15) is 0 Å². The number of thiazole rings is 1. The van der Waals surface area contributed by atoms with E-state index in [0.29, 0.717) is 11.6 Å². The summed E-state index contributed by atoms with van der Waals surface area (Å²) < 4.78 is 4.65. The predicted molar refractivity (Wildman–Crippen MR) is 68.1 cm³/mol. The zero-order valence-electron chi connectivity index (χ0n) is 10.6. The van der Waals surface area contributed by atoms with Crippen LogP contribution in [0.2, 0.25) is 0 Å². The van der Waals surface area contributed by atoms with Crippen LogP contribution in [-0.2, 0) is 16.1 Å². The first-order valence-corrected chi connectivity index (χ1v) is 6.40. The van der Waals surface area contributed by atoms with E-state index in [-0.39, 0.29) is 11.6 Å². The smallest absolute Gasteiger partial charge is 0.328 e. The summed E-state index contributed by atoms with van der Waals surface area (Å²) in [7, 11) is 1.29. The number of carbonyl (C=O) groups excluding carboxylic acids is 2. The number of hydrogen-bond donors (Lipinski definition) is 2. The van der Waals surface area contributed by atoms with Gasteiger partial charge in [0.05, 0.1) is 7.11 Å². The molecule has 1 atom stereocenters. The molecule has 6 nitrogen and oxygen atoms in total. The molecule has 1 amide bonds. The van der Waals surface area contributed by atoms with Crippen molar-refractivity contribution < 1.29 is 14.3 Å². The van der Waals surface area contributed by atoms with Crippen molar-refractivity contribution in [2.24, 2.45) is 11.7 Å². The van der Waals surface area contributed by atoms with Crippen LogP contribution >= 0.6 is 11.3 Å². The fourth-order valence-electron chi connectivity index (χ4n) is 1.35. The van der Waals surface area contributed by atoms with E-state index in [0.717, 1.165) is 0 Å². The number of aromatic nitrogens is 1. The molecule has 3 N–H and O–H groups in total. The predicted octanol–water partition coefficient (Wildman–Crippen LogP) is 0.529. The Labute approximate surface area is 110 Å². The fourth-order valence-corrected chi connectivity index (χ4v) is 2.00. The van der Waals surface area contributed by atoms with Crippen LogP contribution in [0.1, 0.15) is 29.3 Å². The van der Waals surface area contributed by atoms with Crippen LogP contribution in [0.25, 0.3) is 0 Å². The van der Waals surface area contributed by atoms with Crippen molar-refractivity contribution in [3.05, 3.63) is 16.1 Å². The number of nitrogens with zero attached hydrogens (tertiary/aromatic N) is 1. The second-order valence-corrected chi connectivity index (χ2v) is 4.99. The minimum Gasteiger partial charge on any atom is -0.467 e. The van der Waals surface area contributed by atoms with Gasteiger partial charge in [0, 0.05) is 11.9 Å². The van der Waals surface area contributed by atoms with Gasteiger partial charge < -0.3 is 15.8 Å². The Morgan fingerprint density at radius 1 is 1.56 bits per heavy atom. The molecule has 1 rings (SSSR count). The quantitative estimate of drug-likeness (QED) is 0.762. The van der Waals surface area contributed by atoms with E-state index in [2.05, 4.69) is 15.0 Å². The summed E-state index contributed by atoms with van der Waals surface area (Å²) in [6, 6.07) is -0.675. The lowest BCUT2D eigenvalue weighted by atomic mass is 10.0. The number of ether oxygens (including phenoxy) is 1. The van der Waals surface area contributed by atoms with Gasteiger partial charge in [0.15, 0.2) is 0 Å². The lowest BCUT2D eigenvalue weighted by Crippen LogP contribution is -2.45. The van der Waals surface area contributed by atoms with Gasteiger partial charge in [-0.15, -0.1) is 11.3 Å². The van der Waals surface area contributed by atoms with Crippen molar-refractivity contribution >= 4 is 23.2 Å². The Bertz CT molecular complexity index is 431. The van der Waals surface area contributed by atoms with Crippen molar-refractivity contribution in [3.8, 4) is 0 Å². The first kappa shape index (κ1) is 14.6. The number of nitrogens with one attached hydrogen (secondary N) is 1. The van der Waals surface area contributed by atoms with E-state index in [1.54, 1.807) is 5.38 Å². The molecule has 100 valence electrons. The Hall–Kier alpha value is -1.47. The summed E-state index contributed by atoms with van der Waals surface area (Å²) in [4.78, 5) is 27.5. The zero-order valence-corrected chi connectivity index (χ0v) is 11.4. The Balaban J connectivity index is 2.75. The standard InChI is InChI=1S/C11H17N3O3S/c1-6(2)9(11(16)17-3)14-10(15)7-5-18-8(4-12)13-7/h5-6,9H,4,12H2,1-3H3,(H,14,15). The summed E-state index contributed by atoms with van der Waals surface area (Å²) in [6.07, 6.45) is 0. The number of hydrogen-bond acceptors (Lipinski definition) is 6. The number of nitrogens with two attached hydrogens (primary N) is 1. The Morgan fingerprint density at radius 3 is 2.67 bits per heavy atom. The third kappa shape index (κ3) is 3.51. The lowest BCUT2D eigenvalue weighted by molar-refractivity contribution is -0.144. The molecule has 1 aromatic rings. The van der Waals surface area contributed by atoms with E-state index in [4.69, 9.17) is 5.73 Å². The third-order valence-corrected chi connectivity index (χ3v) is 3.24. The molecule has 1 aromatic heterocycles. The molecule has 0 aliphatic carbocycles. The molecule has 18 heavy (non-hydrogen) atoms. The summed E-state index contributed by atoms with van der Waals surface area (Å²) >= 11 is 1.31. The minimum absolute atomic E-state index is 0.0611. The molecule has 0 spiro atoms. The molecule has 1 unspecified atom stereocenters. The van der Waals surface area contributed by atoms with Crippen LogP contribution in [0.4, 0.5) is 0 Å². The molecule has 0 saturated carbocycles. The fraction of sp³-hybridized carbons (Fsp3) is 0.545. The highest BCUT2D eigenvalue weighted by molar-refractivity contribution is 7.09. The van der Waals surface area contributed by atoms with Crippen LogP contribution in [0.3, 0.4) is 0 Å². The van der Waals surface area contributed by atoms with Gasteiger partial charge in [0.2, 0.25) is 0 Å². The van der Waals surface area contributed by atoms with Gasteiger partial charge in [-0.3, -0.25) is 4.79 Å². The molecule has 0 aliphatic rings. The zero-order chi connectivity index (χ0) is 13.7. The van der Waals surface area contributed by atoms with Crippen LogP contribution in [0.5, 0.6) is 0 Å². The summed E-state index contributed by atoms with van der Waals surface area (Å²) in [5, 5.41) is 4.91. The lowest BCUT2D eigenvalue weighted by Gasteiger charge is -2.19. The summed E-state index contributed by atoms with van der Waals surface area (Å²) in [5.41, 5.74) is 5.70. The Kier molecular flexibility index (Phi) is 5.24. The maximum atomic E-state index is 11.9. The molecule has 1 heterocycles. The number of methoxy groups -OCH3 is 1. The average molecular weight is 271 g/mol. The highest BCUT2D eigenvalue weighted by atomic mass is 32.1. The number of carbonyl (C=O) groups is 2. The third-order valence-electron chi connectivity index (χ3n) is 2.37. The molecule has 0 bridgehead atoms. The summed E-state index contributed by atoms with van der Waals surface area (Å²) in [5.74, 6) is -0.920. The van der Waals surface area contributed by atoms with Gasteiger partial charge in [0.25, 0.3) is 5.91 Å². The number of rotatable bonds is 5. The maximum absolute atomic E-state index is 11.9. The molecule has 7 heteroatoms. The van der Waals surface area contributed by atoms with Gasteiger partial charge in [0.1, 0.15) is 16.7 Å². The van der Waals surface area contributed by atoms with E-state index < -0.39 is 17.9 Å². The molecular formula is C11H17N3O3S. The molecule has 0 saturated heterocycles. The van der Waals surface area contributed by atoms with E-state index in [1.807, 2.05) is 13.8 Å². The van der Waals surface area contributed by atoms with Crippen molar-refractivity contribution in [1.29, 1.82) is 0 Å². The Morgan fingerprint density at radius 2 is 2.22 bits per heavy atom. The topological polar surface area (TPSA) is 94.3 Å². The summed E-state index contributed by atoms with van der Waals surface area (Å²) in [6.45, 7) is 3.95. The number of amides is 1. The van der Waals surface area contributed by atoms with E-state index in [9.17, 15) is 9.59 Å². The highest BCUT2D eigenvalue weighted by Crippen LogP contribution is 2.10. The highest BCUT2D eigenvalue weighted by Gasteiger charge is 2.26. The van der Waals surface area contributed by atoms with E-state index >= 15 is 0 Å². The SMILES string of the molecule is COC(=O)C(NC(=O)c1csc(CN)n1)C(C)C. The van der Waals surface area contributed by atoms with E-state index in [1.165, 1.54) is 18.4 Å². The monoisotopic (exact) mass is 271 g/mol. The number of esters is 1. The van der Waals surface area contributed by atoms with Crippen LogP contribution < -0.4 is 11.1 Å². The molecule has 0 aliphatic heterocycles. The van der Waals surface area contributed by atoms with Gasteiger partial charge >= 0.3 is 5.97 Å². The van der Waals surface area contributed by atoms with Crippen molar-refractivity contribution in [2.75, 3.05) is 7.11 Å². The van der Waals surface area contributed by atoms with Crippen molar-refractivity contribution in [3.63, 3.8) is 0 Å². The molecule has 0 radical (unpaired) electrons. The van der Waals surface area contributed by atoms with Crippen LogP contribution in [-0.4, -0.2) is 30.0 Å². The largest absolute Gasteiger partial charge is 0.467 e. The van der Waals surface area contributed by atoms with Crippen LogP contribution in [0.15, 0.2) is 5.38 Å². The van der Waals surface area contributed by atoms with Gasteiger partial charge in [-0.1, -0.05) is 13.8 Å². The molecule has 0 fully saturated rings. The van der Waals surface area contributed by atoms with Crippen molar-refractivity contribution in [1.82, 2.24) is 10.3 Å². The minimum atomic E-state index is -0.675. The molecule has 0 aromatic carbocycles. The van der Waals surface area contributed by atoms with Gasteiger partial charge in [-0.25, -0.2) is 9.78 Å². The molecular weight excluding hydrogens is 254 g/mol. The van der Waals surface area contributed by atoms with Gasteiger partial charge in [-0.05, 0) is 5.92 Å². The second-order valence-electron chi connectivity index (χ2n) is 4.05. The second kappa shape index (κ2) is 6.46.